The fraction of sp³-hybridized carbons (Fsp3) is 0.417. The summed E-state index contributed by atoms with van der Waals surface area (Å²) in [6, 6.07) is 10.7. The number of oxime groups is 1. The number of benzene rings is 2. The normalized spacial score (nSPS) is 11.8. The molecule has 0 fully saturated rings. The number of alkyl halides is 3. The fourth-order valence-corrected chi connectivity index (χ4v) is 5.33. The lowest BCUT2D eigenvalue weighted by atomic mass is 10.0. The molecule has 17 heteroatoms. The third kappa shape index (κ3) is 11.5. The maximum Gasteiger partial charge on any atom is 0.471 e. The Morgan fingerprint density at radius 1 is 0.774 bits per heavy atom. The molecule has 0 aliphatic carbocycles. The number of hydrogen-bond donors (Lipinski definition) is 2. The van der Waals surface area contributed by atoms with Gasteiger partial charge in [0.15, 0.2) is 5.84 Å². The Bertz CT molecular complexity index is 1960. The van der Waals surface area contributed by atoms with Gasteiger partial charge in [-0.15, -0.1) is 0 Å². The van der Waals surface area contributed by atoms with E-state index < -0.39 is 12.1 Å². The van der Waals surface area contributed by atoms with E-state index in [0.29, 0.717) is 55.1 Å². The van der Waals surface area contributed by atoms with Crippen LogP contribution in [0.15, 0.2) is 55.1 Å². The number of halogens is 3. The number of aryl methyl sites for hydroxylation is 6. The molecule has 0 radical (unpaired) electrons. The van der Waals surface area contributed by atoms with E-state index in [1.807, 2.05) is 39.0 Å². The molecule has 5 aromatic rings. The van der Waals surface area contributed by atoms with Gasteiger partial charge in [-0.05, 0) is 75.9 Å². The molecule has 0 atom stereocenters. The van der Waals surface area contributed by atoms with Gasteiger partial charge in [-0.25, -0.2) is 0 Å². The molecule has 0 aliphatic heterocycles. The Balaban J connectivity index is 0.000000290. The summed E-state index contributed by atoms with van der Waals surface area (Å²) in [5.74, 6) is 1.54. The van der Waals surface area contributed by atoms with Gasteiger partial charge in [0.1, 0.15) is 23.0 Å². The number of hydrogen-bond acceptors (Lipinski definition) is 13. The number of methoxy groups -OCH3 is 2. The minimum Gasteiger partial charge on any atom is -0.493 e. The molecule has 3 aromatic heterocycles. The average molecular weight is 748 g/mol. The minimum absolute atomic E-state index is 0. The molecule has 2 aromatic carbocycles. The number of rotatable bonds is 16. The quantitative estimate of drug-likeness (QED) is 0.0337. The van der Waals surface area contributed by atoms with Gasteiger partial charge in [-0.3, -0.25) is 0 Å². The second kappa shape index (κ2) is 18.9. The van der Waals surface area contributed by atoms with Crippen LogP contribution >= 0.6 is 0 Å². The molecule has 0 unspecified atom stereocenters. The molecule has 0 aliphatic rings. The van der Waals surface area contributed by atoms with E-state index in [4.69, 9.17) is 38.9 Å². The van der Waals surface area contributed by atoms with Gasteiger partial charge < -0.3 is 43.5 Å². The zero-order valence-corrected chi connectivity index (χ0v) is 30.4. The Hall–Kier alpha value is -5.42. The smallest absolute Gasteiger partial charge is 0.471 e. The second-order valence-corrected chi connectivity index (χ2v) is 12.1. The molecule has 53 heavy (non-hydrogen) atoms. The highest BCUT2D eigenvalue weighted by Crippen LogP contribution is 2.33. The van der Waals surface area contributed by atoms with E-state index in [1.54, 1.807) is 32.2 Å². The highest BCUT2D eigenvalue weighted by atomic mass is 19.4. The summed E-state index contributed by atoms with van der Waals surface area (Å²) in [6.07, 6.45) is -1.73. The largest absolute Gasteiger partial charge is 0.493 e. The number of aromatic nitrogens is 4. The highest BCUT2D eigenvalue weighted by molar-refractivity contribution is 5.97. The lowest BCUT2D eigenvalue weighted by molar-refractivity contribution is -0.159. The number of nitrogens with zero attached hydrogens (tertiary/aromatic N) is 5. The van der Waals surface area contributed by atoms with E-state index >= 15 is 0 Å². The maximum atomic E-state index is 12.7. The predicted molar refractivity (Wildman–Crippen MR) is 187 cm³/mol. The van der Waals surface area contributed by atoms with E-state index in [2.05, 4.69) is 30.1 Å². The summed E-state index contributed by atoms with van der Waals surface area (Å²) in [5.41, 5.74) is 11.6. The van der Waals surface area contributed by atoms with Gasteiger partial charge in [0.2, 0.25) is 5.82 Å². The summed E-state index contributed by atoms with van der Waals surface area (Å²) in [6.45, 7) is 9.03. The zero-order valence-electron chi connectivity index (χ0n) is 30.4. The molecular weight excluding hydrogens is 701 g/mol. The van der Waals surface area contributed by atoms with Crippen molar-refractivity contribution >= 4 is 5.84 Å². The first-order valence-corrected chi connectivity index (χ1v) is 16.6. The standard InChI is InChI=1S/C19H20F3N3O4.C17H23N3O4.H2/c1-11-7-13(17-23-18(29-25-17)19(20,21)22)9-14(10-26-3)16(11)27-6-4-5-15-8-12(2)24-28-15;1-11-7-13(17(18)19-21)9-14(10-22-3)16(11)23-6-4-5-15-8-12(2)20-24-15;/h7-9H,4-6,10H2,1-3H3;7-9,21H,4-6,10H2,1-3H3,(H2,18,19);1H/i;;1+1. The molecule has 0 saturated carbocycles. The van der Waals surface area contributed by atoms with Crippen molar-refractivity contribution in [2.75, 3.05) is 27.4 Å². The fourth-order valence-electron chi connectivity index (χ4n) is 5.33. The van der Waals surface area contributed by atoms with Crippen LogP contribution in [0.25, 0.3) is 11.4 Å². The first-order valence-electron chi connectivity index (χ1n) is 16.6. The Morgan fingerprint density at radius 3 is 1.75 bits per heavy atom. The predicted octanol–water partition coefficient (Wildman–Crippen LogP) is 7.31. The van der Waals surface area contributed by atoms with Crippen molar-refractivity contribution < 1.29 is 52.3 Å². The van der Waals surface area contributed by atoms with Gasteiger partial charge in [-0.1, -0.05) is 20.6 Å². The van der Waals surface area contributed by atoms with Crippen molar-refractivity contribution in [3.05, 3.63) is 93.0 Å². The molecule has 0 amide bonds. The SMILES string of the molecule is COCc1cc(-c2noc(C(F)(F)F)n2)cc(C)c1OCCCc1cc(C)no1.COCc1cc(/C(N)=N/O)cc(C)c1OCCCc1cc(C)no1.[2HH]. The van der Waals surface area contributed by atoms with Crippen molar-refractivity contribution in [2.45, 2.75) is 72.8 Å². The highest BCUT2D eigenvalue weighted by Gasteiger charge is 2.38. The number of nitrogens with two attached hydrogens (primary N) is 1. The maximum absolute atomic E-state index is 12.7. The average Bonchev–Trinajstić information content (AvgIpc) is 3.88. The summed E-state index contributed by atoms with van der Waals surface area (Å²) in [7, 11) is 3.13. The van der Waals surface area contributed by atoms with Crippen molar-refractivity contribution in [3.8, 4) is 22.9 Å². The Morgan fingerprint density at radius 2 is 1.30 bits per heavy atom. The van der Waals surface area contributed by atoms with Crippen LogP contribution in [0, 0.1) is 27.7 Å². The summed E-state index contributed by atoms with van der Waals surface area (Å²) >= 11 is 0. The molecule has 14 nitrogen and oxygen atoms in total. The second-order valence-electron chi connectivity index (χ2n) is 12.1. The van der Waals surface area contributed by atoms with Crippen LogP contribution in [0.1, 0.15) is 70.9 Å². The van der Waals surface area contributed by atoms with Crippen LogP contribution in [-0.2, 0) is 41.7 Å². The van der Waals surface area contributed by atoms with E-state index in [0.717, 1.165) is 58.2 Å². The molecule has 0 spiro atoms. The van der Waals surface area contributed by atoms with Crippen LogP contribution in [-0.4, -0.2) is 58.9 Å². The third-order valence-electron chi connectivity index (χ3n) is 7.61. The number of amidine groups is 1. The van der Waals surface area contributed by atoms with Gasteiger partial charge in [-0.2, -0.15) is 18.2 Å². The van der Waals surface area contributed by atoms with Crippen LogP contribution in [0.2, 0.25) is 0 Å². The molecule has 288 valence electrons. The minimum atomic E-state index is -4.69. The monoisotopic (exact) mass is 747 g/mol. The van der Waals surface area contributed by atoms with Crippen LogP contribution in [0.3, 0.4) is 0 Å². The van der Waals surface area contributed by atoms with Crippen LogP contribution in [0.4, 0.5) is 13.2 Å². The Kier molecular flexibility index (Phi) is 14.4. The Labute approximate surface area is 305 Å². The topological polar surface area (TPSA) is 187 Å². The zero-order chi connectivity index (χ0) is 38.5. The third-order valence-corrected chi connectivity index (χ3v) is 7.61. The summed E-state index contributed by atoms with van der Waals surface area (Å²) in [4.78, 5) is 3.43. The molecular formula is C36H45F3N6O8. The molecule has 5 rings (SSSR count). The lowest BCUT2D eigenvalue weighted by Crippen LogP contribution is -2.14. The van der Waals surface area contributed by atoms with Crippen molar-refractivity contribution in [3.63, 3.8) is 0 Å². The van der Waals surface area contributed by atoms with Crippen LogP contribution in [0.5, 0.6) is 11.5 Å². The summed E-state index contributed by atoms with van der Waals surface area (Å²) < 4.78 is 75.1. The van der Waals surface area contributed by atoms with Crippen LogP contribution < -0.4 is 15.2 Å². The lowest BCUT2D eigenvalue weighted by Gasteiger charge is -2.15. The summed E-state index contributed by atoms with van der Waals surface area (Å²) in [5, 5.41) is 23.0. The van der Waals surface area contributed by atoms with Gasteiger partial charge in [0, 0.05) is 62.9 Å². The number of ether oxygens (including phenoxy) is 4. The van der Waals surface area contributed by atoms with Gasteiger partial charge in [0.25, 0.3) is 0 Å². The molecule has 0 saturated heterocycles. The van der Waals surface area contributed by atoms with Crippen molar-refractivity contribution in [1.82, 2.24) is 20.5 Å². The van der Waals surface area contributed by atoms with E-state index in [-0.39, 0.29) is 19.7 Å². The molecule has 0 bridgehead atoms. The van der Waals surface area contributed by atoms with Gasteiger partial charge in [0.05, 0.1) is 37.8 Å². The van der Waals surface area contributed by atoms with E-state index in [1.165, 1.54) is 7.11 Å². The first kappa shape index (κ1) is 40.4. The first-order chi connectivity index (χ1) is 25.3. The molecule has 3 N–H and O–H groups in total. The van der Waals surface area contributed by atoms with Crippen molar-refractivity contribution in [2.24, 2.45) is 10.9 Å². The van der Waals surface area contributed by atoms with E-state index in [9.17, 15) is 13.2 Å². The molecule has 3 heterocycles. The van der Waals surface area contributed by atoms with Crippen molar-refractivity contribution in [1.29, 1.82) is 0 Å². The van der Waals surface area contributed by atoms with Gasteiger partial charge >= 0.3 is 12.1 Å².